The molecule has 3 aromatic rings. The molecule has 1 amide bonds. The van der Waals surface area contributed by atoms with Crippen LogP contribution in [0, 0.1) is 5.82 Å². The van der Waals surface area contributed by atoms with Gasteiger partial charge in [0.1, 0.15) is 17.3 Å². The van der Waals surface area contributed by atoms with Crippen LogP contribution in [0.3, 0.4) is 0 Å². The average molecular weight is 693 g/mol. The molecule has 0 aromatic heterocycles. The number of nitrogens with zero attached hydrogens (tertiary/aromatic N) is 1. The average Bonchev–Trinajstić information content (AvgIpc) is 2.88. The first-order chi connectivity index (χ1) is 19.3. The highest BCUT2D eigenvalue weighted by atomic mass is 79.9. The van der Waals surface area contributed by atoms with Crippen molar-refractivity contribution in [2.45, 2.75) is 30.8 Å². The molecule has 0 saturated carbocycles. The smallest absolute Gasteiger partial charge is 0.345 e. The lowest BCUT2D eigenvalue weighted by Crippen LogP contribution is -2.50. The summed E-state index contributed by atoms with van der Waals surface area (Å²) >= 11 is 7.44. The summed E-state index contributed by atoms with van der Waals surface area (Å²) < 4.78 is 150. The van der Waals surface area contributed by atoms with Crippen molar-refractivity contribution in [3.8, 4) is 0 Å². The minimum absolute atomic E-state index is 0.144. The molecule has 1 N–H and O–H groups in total. The van der Waals surface area contributed by atoms with Gasteiger partial charge in [0.05, 0.1) is 11.3 Å². The molecule has 17 heteroatoms. The van der Waals surface area contributed by atoms with Gasteiger partial charge < -0.3 is 5.32 Å². The highest BCUT2D eigenvalue weighted by Gasteiger charge is 2.73. The summed E-state index contributed by atoms with van der Waals surface area (Å²) in [5.41, 5.74) is -12.4. The molecule has 0 atom stereocenters. The van der Waals surface area contributed by atoms with E-state index in [0.29, 0.717) is 10.6 Å². The Morgan fingerprint density at radius 2 is 1.52 bits per heavy atom. The minimum atomic E-state index is -6.68. The van der Waals surface area contributed by atoms with E-state index in [-0.39, 0.29) is 18.2 Å². The number of anilines is 2. The summed E-state index contributed by atoms with van der Waals surface area (Å²) in [6, 6.07) is 8.64. The van der Waals surface area contributed by atoms with Crippen LogP contribution in [0.15, 0.2) is 59.1 Å². The lowest BCUT2D eigenvalue weighted by Gasteiger charge is -2.31. The van der Waals surface area contributed by atoms with E-state index < -0.39 is 79.5 Å². The van der Waals surface area contributed by atoms with Crippen LogP contribution in [0.25, 0.3) is 0 Å². The van der Waals surface area contributed by atoms with Crippen molar-refractivity contribution in [3.05, 3.63) is 92.7 Å². The number of carbonyl (C=O) groups is 1. The van der Waals surface area contributed by atoms with Crippen LogP contribution < -0.4 is 10.4 Å². The number of benzene rings is 3. The fourth-order valence-electron chi connectivity index (χ4n) is 4.01. The maximum absolute atomic E-state index is 15.5. The zero-order valence-electron chi connectivity index (χ0n) is 20.1. The van der Waals surface area contributed by atoms with Crippen LogP contribution in [0.2, 0.25) is 0 Å². The maximum Gasteiger partial charge on any atom is 0.435 e. The van der Waals surface area contributed by atoms with Crippen molar-refractivity contribution in [2.24, 2.45) is 0 Å². The number of rotatable bonds is 4. The van der Waals surface area contributed by atoms with Crippen molar-refractivity contribution in [2.75, 3.05) is 10.4 Å². The second kappa shape index (κ2) is 10.8. The molecule has 1 aliphatic rings. The van der Waals surface area contributed by atoms with E-state index in [1.807, 2.05) is 5.32 Å². The van der Waals surface area contributed by atoms with Gasteiger partial charge in [-0.15, -0.1) is 0 Å². The Morgan fingerprint density at radius 3 is 2.12 bits per heavy atom. The van der Waals surface area contributed by atoms with E-state index in [9.17, 15) is 48.7 Å². The Morgan fingerprint density at radius 1 is 0.905 bits per heavy atom. The summed E-state index contributed by atoms with van der Waals surface area (Å²) in [6.07, 6.45) is -19.0. The Bertz CT molecular complexity index is 1560. The number of hydrogen-bond donors (Lipinski definition) is 1. The number of amides is 1. The van der Waals surface area contributed by atoms with Gasteiger partial charge in [-0.1, -0.05) is 36.5 Å². The zero-order valence-corrected chi connectivity index (χ0v) is 22.5. The van der Waals surface area contributed by atoms with E-state index in [1.165, 1.54) is 6.07 Å². The number of alkyl halides is 10. The Labute approximate surface area is 242 Å². The molecule has 224 valence electrons. The second-order valence-corrected chi connectivity index (χ2v) is 9.92. The predicted molar refractivity (Wildman–Crippen MR) is 134 cm³/mol. The molecule has 1 heterocycles. The summed E-state index contributed by atoms with van der Waals surface area (Å²) in [5, 5.41) is 2.54. The molecule has 1 aliphatic heterocycles. The van der Waals surface area contributed by atoms with Gasteiger partial charge >= 0.3 is 24.2 Å². The first-order valence-corrected chi connectivity index (χ1v) is 12.4. The molecule has 0 saturated heterocycles. The predicted octanol–water partition coefficient (Wildman–Crippen LogP) is 8.78. The van der Waals surface area contributed by atoms with E-state index in [4.69, 9.17) is 17.1 Å². The Kier molecular flexibility index (Phi) is 8.10. The van der Waals surface area contributed by atoms with E-state index >= 15 is 4.39 Å². The first kappa shape index (κ1) is 31.6. The van der Waals surface area contributed by atoms with Crippen LogP contribution in [-0.2, 0) is 23.3 Å². The summed E-state index contributed by atoms with van der Waals surface area (Å²) in [6.45, 7) is -0.144. The maximum atomic E-state index is 15.5. The van der Waals surface area contributed by atoms with Crippen molar-refractivity contribution < 1.29 is 57.9 Å². The third-order valence-corrected chi connectivity index (χ3v) is 6.98. The molecule has 3 aromatic carbocycles. The molecule has 0 unspecified atom stereocenters. The largest absolute Gasteiger partial charge is 0.435 e. The van der Waals surface area contributed by atoms with Crippen molar-refractivity contribution in [1.82, 2.24) is 0 Å². The number of halogens is 12. The Balaban J connectivity index is 1.76. The molecule has 0 spiro atoms. The molecule has 0 bridgehead atoms. The third kappa shape index (κ3) is 5.44. The number of hydrogen-bond acceptors (Lipinski definition) is 3. The highest BCUT2D eigenvalue weighted by molar-refractivity contribution is 9.10. The minimum Gasteiger partial charge on any atom is -0.345 e. The van der Waals surface area contributed by atoms with E-state index in [2.05, 4.69) is 15.9 Å². The second-order valence-electron chi connectivity index (χ2n) is 8.66. The first-order valence-electron chi connectivity index (χ1n) is 11.2. The third-order valence-electron chi connectivity index (χ3n) is 6.04. The SMILES string of the molecule is O=C1c2ccccc2CON1c1cccc(C(=S)Nc2c(Br)cc(C(F)(C(F)(F)F)C(F)(F)F)cc2C(F)(F)F)c1F. The monoisotopic (exact) mass is 692 g/mol. The number of hydroxylamine groups is 1. The fraction of sp³-hybridized carbons (Fsp3) is 0.200. The van der Waals surface area contributed by atoms with Crippen LogP contribution in [0.4, 0.5) is 59.7 Å². The van der Waals surface area contributed by atoms with Gasteiger partial charge in [0.25, 0.3) is 5.91 Å². The summed E-state index contributed by atoms with van der Waals surface area (Å²) in [5.74, 6) is -2.05. The standard InChI is InChI=1S/C25H12BrF11N2O2S/c26-16-9-12(22(28,24(32,33)34)25(35,36)37)8-15(23(29,30)31)19(16)38-20(42)14-6-3-7-17(18(14)27)39-21(40)13-5-2-1-4-11(13)10-41-39/h1-9H,10H2,(H,38,42). The molecule has 4 rings (SSSR count). The van der Waals surface area contributed by atoms with Gasteiger partial charge in [0.2, 0.25) is 0 Å². The van der Waals surface area contributed by atoms with Crippen LogP contribution in [0.1, 0.15) is 32.6 Å². The van der Waals surface area contributed by atoms with Gasteiger partial charge in [-0.25, -0.2) is 8.78 Å². The molecule has 4 nitrogen and oxygen atoms in total. The molecule has 0 radical (unpaired) electrons. The van der Waals surface area contributed by atoms with Gasteiger partial charge in [-0.3, -0.25) is 9.63 Å². The number of thiocarbonyl (C=S) groups is 1. The lowest BCUT2D eigenvalue weighted by molar-refractivity contribution is -0.348. The molecule has 0 fully saturated rings. The Hall–Kier alpha value is -3.31. The molecular weight excluding hydrogens is 681 g/mol. The topological polar surface area (TPSA) is 41.6 Å². The summed E-state index contributed by atoms with van der Waals surface area (Å²) in [7, 11) is 0. The van der Waals surface area contributed by atoms with Crippen LogP contribution >= 0.6 is 28.1 Å². The van der Waals surface area contributed by atoms with Gasteiger partial charge in [0.15, 0.2) is 5.82 Å². The van der Waals surface area contributed by atoms with Crippen molar-refractivity contribution in [1.29, 1.82) is 0 Å². The summed E-state index contributed by atoms with van der Waals surface area (Å²) in [4.78, 5) is 17.4. The number of fused-ring (bicyclic) bond motifs is 1. The number of carbonyl (C=O) groups excluding carboxylic acids is 1. The number of nitrogens with one attached hydrogen (secondary N) is 1. The van der Waals surface area contributed by atoms with Gasteiger partial charge in [0, 0.05) is 21.2 Å². The highest BCUT2D eigenvalue weighted by Crippen LogP contribution is 2.55. The van der Waals surface area contributed by atoms with E-state index in [0.717, 1.165) is 18.2 Å². The quantitative estimate of drug-likeness (QED) is 0.219. The molecule has 0 aliphatic carbocycles. The molecule has 42 heavy (non-hydrogen) atoms. The van der Waals surface area contributed by atoms with Gasteiger partial charge in [-0.2, -0.15) is 44.6 Å². The normalized spacial score (nSPS) is 14.6. The van der Waals surface area contributed by atoms with E-state index in [1.54, 1.807) is 18.2 Å². The zero-order chi connectivity index (χ0) is 31.4. The van der Waals surface area contributed by atoms with Crippen molar-refractivity contribution >= 4 is 50.4 Å². The molecular formula is C25H12BrF11N2O2S. The lowest BCUT2D eigenvalue weighted by atomic mass is 9.92. The van der Waals surface area contributed by atoms with Crippen molar-refractivity contribution in [3.63, 3.8) is 0 Å². The fourth-order valence-corrected chi connectivity index (χ4v) is 4.83. The van der Waals surface area contributed by atoms with Gasteiger partial charge in [-0.05, 0) is 51.8 Å². The van der Waals surface area contributed by atoms with Crippen LogP contribution in [-0.4, -0.2) is 23.2 Å². The van der Waals surface area contributed by atoms with Crippen LogP contribution in [0.5, 0.6) is 0 Å².